The molecule has 1 aliphatic rings. The molecule has 1 aliphatic heterocycles. The summed E-state index contributed by atoms with van der Waals surface area (Å²) in [4.78, 5) is 0. The number of ether oxygens (including phenoxy) is 1. The van der Waals surface area contributed by atoms with Crippen LogP contribution in [0.25, 0.3) is 5.82 Å². The number of thiocarbonyl (C=S) groups is 1. The van der Waals surface area contributed by atoms with E-state index in [9.17, 15) is 0 Å². The number of aromatic nitrogens is 3. The van der Waals surface area contributed by atoms with Crippen molar-refractivity contribution in [3.05, 3.63) is 35.3 Å². The molecule has 2 aromatic rings. The monoisotopic (exact) mass is 388 g/mol. The van der Waals surface area contributed by atoms with E-state index in [1.807, 2.05) is 16.9 Å². The zero-order valence-electron chi connectivity index (χ0n) is 16.4. The van der Waals surface area contributed by atoms with Crippen molar-refractivity contribution in [1.82, 2.24) is 25.1 Å². The number of aryl methyl sites for hydroxylation is 1. The second-order valence-corrected chi connectivity index (χ2v) is 7.51. The van der Waals surface area contributed by atoms with Crippen molar-refractivity contribution in [3.63, 3.8) is 0 Å². The SMILES string of the molecule is Cc1cc(/C=N\NC(=S)NC[C@H]2CCCO2)c(C)n1-c1ccnn1C(C)C. The lowest BCUT2D eigenvalue weighted by atomic mass is 10.2. The highest BCUT2D eigenvalue weighted by molar-refractivity contribution is 7.80. The van der Waals surface area contributed by atoms with Crippen LogP contribution in [-0.2, 0) is 4.74 Å². The smallest absolute Gasteiger partial charge is 0.187 e. The van der Waals surface area contributed by atoms with E-state index in [1.165, 1.54) is 0 Å². The molecule has 0 amide bonds. The van der Waals surface area contributed by atoms with Gasteiger partial charge in [-0.15, -0.1) is 0 Å². The van der Waals surface area contributed by atoms with Crippen LogP contribution in [-0.4, -0.2) is 44.9 Å². The highest BCUT2D eigenvalue weighted by atomic mass is 32.1. The number of rotatable bonds is 6. The third-order valence-electron chi connectivity index (χ3n) is 4.72. The van der Waals surface area contributed by atoms with Gasteiger partial charge < -0.3 is 14.6 Å². The van der Waals surface area contributed by atoms with E-state index in [2.05, 4.69) is 59.3 Å². The molecule has 0 aliphatic carbocycles. The minimum Gasteiger partial charge on any atom is -0.376 e. The van der Waals surface area contributed by atoms with Gasteiger partial charge in [0.2, 0.25) is 0 Å². The predicted octanol–water partition coefficient (Wildman–Crippen LogP) is 2.85. The molecule has 7 nitrogen and oxygen atoms in total. The van der Waals surface area contributed by atoms with Crippen molar-refractivity contribution in [1.29, 1.82) is 0 Å². The lowest BCUT2D eigenvalue weighted by molar-refractivity contribution is 0.114. The molecule has 2 aromatic heterocycles. The normalized spacial score (nSPS) is 17.1. The van der Waals surface area contributed by atoms with E-state index in [0.717, 1.165) is 48.8 Å². The summed E-state index contributed by atoms with van der Waals surface area (Å²) in [6.45, 7) is 9.98. The Labute approximate surface area is 165 Å². The fourth-order valence-electron chi connectivity index (χ4n) is 3.36. The average molecular weight is 389 g/mol. The van der Waals surface area contributed by atoms with Crippen LogP contribution in [0.1, 0.15) is 49.7 Å². The zero-order chi connectivity index (χ0) is 19.4. The number of hydrogen-bond donors (Lipinski definition) is 2. The van der Waals surface area contributed by atoms with Crippen molar-refractivity contribution in [3.8, 4) is 5.82 Å². The number of nitrogens with zero attached hydrogens (tertiary/aromatic N) is 4. The fraction of sp³-hybridized carbons (Fsp3) is 0.526. The maximum atomic E-state index is 5.57. The fourth-order valence-corrected chi connectivity index (χ4v) is 3.50. The Morgan fingerprint density at radius 3 is 3.00 bits per heavy atom. The summed E-state index contributed by atoms with van der Waals surface area (Å²) in [6, 6.07) is 4.44. The summed E-state index contributed by atoms with van der Waals surface area (Å²) in [5.41, 5.74) is 6.17. The number of nitrogens with one attached hydrogen (secondary N) is 2. The van der Waals surface area contributed by atoms with Crippen LogP contribution >= 0.6 is 12.2 Å². The van der Waals surface area contributed by atoms with Gasteiger partial charge in [0.1, 0.15) is 5.82 Å². The van der Waals surface area contributed by atoms with Crippen molar-refractivity contribution in [2.45, 2.75) is 52.7 Å². The molecule has 2 N–H and O–H groups in total. The van der Waals surface area contributed by atoms with Crippen LogP contribution in [0.5, 0.6) is 0 Å². The van der Waals surface area contributed by atoms with Crippen molar-refractivity contribution < 1.29 is 4.74 Å². The molecule has 1 atom stereocenters. The summed E-state index contributed by atoms with van der Waals surface area (Å²) >= 11 is 5.27. The molecule has 0 spiro atoms. The van der Waals surface area contributed by atoms with Crippen molar-refractivity contribution >= 4 is 23.5 Å². The lowest BCUT2D eigenvalue weighted by Crippen LogP contribution is -2.37. The van der Waals surface area contributed by atoms with Crippen molar-refractivity contribution in [2.75, 3.05) is 13.2 Å². The Kier molecular flexibility index (Phi) is 6.28. The minimum atomic E-state index is 0.249. The second kappa shape index (κ2) is 8.67. The number of hydrogen-bond acceptors (Lipinski definition) is 4. The molecule has 1 fully saturated rings. The van der Waals surface area contributed by atoms with Gasteiger partial charge >= 0.3 is 0 Å². The Hall–Kier alpha value is -2.19. The van der Waals surface area contributed by atoms with E-state index in [4.69, 9.17) is 17.0 Å². The Bertz CT molecular complexity index is 816. The molecular formula is C19H28N6OS. The molecular weight excluding hydrogens is 360 g/mol. The van der Waals surface area contributed by atoms with Gasteiger partial charge in [-0.25, -0.2) is 4.68 Å². The largest absolute Gasteiger partial charge is 0.376 e. The molecule has 8 heteroatoms. The van der Waals surface area contributed by atoms with Crippen LogP contribution < -0.4 is 10.7 Å². The summed E-state index contributed by atoms with van der Waals surface area (Å²) in [5.74, 6) is 1.06. The number of hydrazone groups is 1. The molecule has 0 bridgehead atoms. The van der Waals surface area contributed by atoms with E-state index >= 15 is 0 Å². The van der Waals surface area contributed by atoms with E-state index in [0.29, 0.717) is 11.2 Å². The standard InChI is InChI=1S/C19H28N6OS/c1-13(2)25-18(7-8-22-25)24-14(3)10-16(15(24)4)11-21-23-19(27)20-12-17-6-5-9-26-17/h7-8,10-11,13,17H,5-6,9,12H2,1-4H3,(H2,20,23,27)/b21-11-/t17-/m1/s1. The summed E-state index contributed by atoms with van der Waals surface area (Å²) in [6.07, 6.45) is 6.09. The van der Waals surface area contributed by atoms with Gasteiger partial charge in [0.05, 0.1) is 18.5 Å². The molecule has 3 rings (SSSR count). The molecule has 146 valence electrons. The highest BCUT2D eigenvalue weighted by Gasteiger charge is 2.16. The maximum absolute atomic E-state index is 5.57. The van der Waals surface area contributed by atoms with Gasteiger partial charge in [-0.2, -0.15) is 10.2 Å². The second-order valence-electron chi connectivity index (χ2n) is 7.10. The van der Waals surface area contributed by atoms with Gasteiger partial charge in [0.15, 0.2) is 5.11 Å². The van der Waals surface area contributed by atoms with E-state index < -0.39 is 0 Å². The predicted molar refractivity (Wildman–Crippen MR) is 112 cm³/mol. The average Bonchev–Trinajstić information content (AvgIpc) is 3.34. The third-order valence-corrected chi connectivity index (χ3v) is 4.96. The van der Waals surface area contributed by atoms with E-state index in [-0.39, 0.29) is 6.10 Å². The Morgan fingerprint density at radius 2 is 2.30 bits per heavy atom. The van der Waals surface area contributed by atoms with Crippen LogP contribution in [0, 0.1) is 13.8 Å². The Morgan fingerprint density at radius 1 is 1.48 bits per heavy atom. The summed E-state index contributed by atoms with van der Waals surface area (Å²) < 4.78 is 9.79. The third kappa shape index (κ3) is 4.56. The topological polar surface area (TPSA) is 68.4 Å². The van der Waals surface area contributed by atoms with Gasteiger partial charge in [-0.3, -0.25) is 5.43 Å². The van der Waals surface area contributed by atoms with Gasteiger partial charge in [0, 0.05) is 42.2 Å². The quantitative estimate of drug-likeness (QED) is 0.452. The molecule has 27 heavy (non-hydrogen) atoms. The first-order valence-corrected chi connectivity index (χ1v) is 9.79. The van der Waals surface area contributed by atoms with Gasteiger partial charge in [-0.05, 0) is 58.8 Å². The molecule has 3 heterocycles. The van der Waals surface area contributed by atoms with Gasteiger partial charge in [0.25, 0.3) is 0 Å². The minimum absolute atomic E-state index is 0.249. The molecule has 1 saturated heterocycles. The summed E-state index contributed by atoms with van der Waals surface area (Å²) in [5, 5.41) is 12.4. The zero-order valence-corrected chi connectivity index (χ0v) is 17.2. The van der Waals surface area contributed by atoms with E-state index in [1.54, 1.807) is 6.21 Å². The molecule has 0 unspecified atom stereocenters. The Balaban J connectivity index is 1.64. The first-order valence-electron chi connectivity index (χ1n) is 9.38. The van der Waals surface area contributed by atoms with Crippen LogP contribution in [0.4, 0.5) is 0 Å². The highest BCUT2D eigenvalue weighted by Crippen LogP contribution is 2.21. The molecule has 0 aromatic carbocycles. The van der Waals surface area contributed by atoms with Crippen molar-refractivity contribution in [2.24, 2.45) is 5.10 Å². The maximum Gasteiger partial charge on any atom is 0.187 e. The lowest BCUT2D eigenvalue weighted by Gasteiger charge is -2.15. The molecule has 0 radical (unpaired) electrons. The van der Waals surface area contributed by atoms with Crippen LogP contribution in [0.3, 0.4) is 0 Å². The van der Waals surface area contributed by atoms with Crippen LogP contribution in [0.15, 0.2) is 23.4 Å². The van der Waals surface area contributed by atoms with Crippen LogP contribution in [0.2, 0.25) is 0 Å². The summed E-state index contributed by atoms with van der Waals surface area (Å²) in [7, 11) is 0. The first-order chi connectivity index (χ1) is 13.0. The molecule has 0 saturated carbocycles. The first kappa shape index (κ1) is 19.6. The van der Waals surface area contributed by atoms with Gasteiger partial charge in [-0.1, -0.05) is 0 Å².